The van der Waals surface area contributed by atoms with Crippen molar-refractivity contribution in [2.75, 3.05) is 31.1 Å². The number of fused-ring (bicyclic) bond motifs is 1. The first kappa shape index (κ1) is 19.1. The summed E-state index contributed by atoms with van der Waals surface area (Å²) in [5.74, 6) is 0. The summed E-state index contributed by atoms with van der Waals surface area (Å²) in [5.41, 5.74) is 4.66. The molecule has 0 bridgehead atoms. The molecule has 1 aromatic heterocycles. The van der Waals surface area contributed by atoms with Crippen LogP contribution in [0.3, 0.4) is 0 Å². The number of nitrogens with one attached hydrogen (secondary N) is 1. The molecule has 7 heteroatoms. The summed E-state index contributed by atoms with van der Waals surface area (Å²) in [7, 11) is 0. The molecule has 1 aliphatic rings. The van der Waals surface area contributed by atoms with Crippen molar-refractivity contribution in [1.82, 2.24) is 0 Å². The average molecular weight is 394 g/mol. The Morgan fingerprint density at radius 1 is 1.10 bits per heavy atom. The van der Waals surface area contributed by atoms with Gasteiger partial charge in [0.25, 0.3) is 5.69 Å². The molecule has 2 heterocycles. The van der Waals surface area contributed by atoms with E-state index in [4.69, 9.17) is 4.42 Å². The molecule has 1 saturated heterocycles. The number of hydrogen-bond acceptors (Lipinski definition) is 5. The van der Waals surface area contributed by atoms with E-state index in [0.717, 1.165) is 60.5 Å². The standard InChI is InChI=1S/C22H23N3O4/c1-15-3-8-20-17(13-21(26)29-22(20)16(15)2)14-23-9-11-24(12-10-23)18-4-6-19(7-5-18)25(27)28/h3-8,13H,9-12,14H2,1-2H3/p+1. The van der Waals surface area contributed by atoms with E-state index in [9.17, 15) is 14.9 Å². The quantitative estimate of drug-likeness (QED) is 0.417. The second-order valence-corrected chi connectivity index (χ2v) is 7.66. The first-order valence-corrected chi connectivity index (χ1v) is 9.78. The van der Waals surface area contributed by atoms with Crippen molar-refractivity contribution in [2.45, 2.75) is 20.4 Å². The van der Waals surface area contributed by atoms with Gasteiger partial charge in [-0.1, -0.05) is 12.1 Å². The number of benzene rings is 2. The Kier molecular flexibility index (Phi) is 5.07. The lowest BCUT2D eigenvalue weighted by molar-refractivity contribution is -0.914. The molecule has 0 atom stereocenters. The molecular formula is C22H24N3O4+. The highest BCUT2D eigenvalue weighted by Crippen LogP contribution is 2.23. The van der Waals surface area contributed by atoms with E-state index >= 15 is 0 Å². The van der Waals surface area contributed by atoms with Gasteiger partial charge >= 0.3 is 5.63 Å². The van der Waals surface area contributed by atoms with Crippen LogP contribution in [-0.2, 0) is 6.54 Å². The minimum atomic E-state index is -0.379. The Labute approximate surface area is 168 Å². The zero-order valence-electron chi connectivity index (χ0n) is 16.6. The van der Waals surface area contributed by atoms with E-state index < -0.39 is 0 Å². The van der Waals surface area contributed by atoms with Crippen molar-refractivity contribution in [3.05, 3.63) is 79.7 Å². The van der Waals surface area contributed by atoms with Gasteiger partial charge in [-0.3, -0.25) is 10.1 Å². The van der Waals surface area contributed by atoms with Crippen LogP contribution in [0.4, 0.5) is 11.4 Å². The van der Waals surface area contributed by atoms with Gasteiger partial charge in [0.2, 0.25) is 0 Å². The van der Waals surface area contributed by atoms with Gasteiger partial charge in [-0.25, -0.2) is 4.79 Å². The van der Waals surface area contributed by atoms with E-state index in [1.165, 1.54) is 4.90 Å². The van der Waals surface area contributed by atoms with Gasteiger partial charge < -0.3 is 14.2 Å². The highest BCUT2D eigenvalue weighted by Gasteiger charge is 2.22. The second kappa shape index (κ2) is 7.67. The fraction of sp³-hybridized carbons (Fsp3) is 0.318. The Hall–Kier alpha value is -3.19. The first-order chi connectivity index (χ1) is 13.9. The van der Waals surface area contributed by atoms with Gasteiger partial charge in [-0.05, 0) is 37.1 Å². The summed E-state index contributed by atoms with van der Waals surface area (Å²) in [4.78, 5) is 26.2. The van der Waals surface area contributed by atoms with Crippen LogP contribution in [0.15, 0.2) is 51.7 Å². The van der Waals surface area contributed by atoms with Gasteiger partial charge in [-0.2, -0.15) is 0 Å². The van der Waals surface area contributed by atoms with Crippen LogP contribution < -0.4 is 15.4 Å². The number of piperazine rings is 1. The summed E-state index contributed by atoms with van der Waals surface area (Å²) < 4.78 is 5.48. The molecule has 4 rings (SSSR count). The monoisotopic (exact) mass is 394 g/mol. The molecule has 29 heavy (non-hydrogen) atoms. The maximum Gasteiger partial charge on any atom is 0.336 e. The summed E-state index contributed by atoms with van der Waals surface area (Å²) in [5, 5.41) is 11.8. The maximum atomic E-state index is 12.1. The number of nitro benzene ring substituents is 1. The van der Waals surface area contributed by atoms with Crippen molar-refractivity contribution in [1.29, 1.82) is 0 Å². The molecule has 0 radical (unpaired) electrons. The molecular weight excluding hydrogens is 370 g/mol. The maximum absolute atomic E-state index is 12.1. The van der Waals surface area contributed by atoms with Crippen molar-refractivity contribution in [2.24, 2.45) is 0 Å². The summed E-state index contributed by atoms with van der Waals surface area (Å²) in [6, 6.07) is 12.5. The van der Waals surface area contributed by atoms with E-state index in [-0.39, 0.29) is 16.2 Å². The molecule has 1 fully saturated rings. The second-order valence-electron chi connectivity index (χ2n) is 7.66. The molecule has 2 aromatic carbocycles. The molecule has 0 unspecified atom stereocenters. The van der Waals surface area contributed by atoms with E-state index in [1.54, 1.807) is 18.2 Å². The van der Waals surface area contributed by atoms with Crippen molar-refractivity contribution in [3.8, 4) is 0 Å². The van der Waals surface area contributed by atoms with Crippen molar-refractivity contribution < 1.29 is 14.2 Å². The highest BCUT2D eigenvalue weighted by molar-refractivity contribution is 5.83. The molecule has 1 aliphatic heterocycles. The molecule has 0 aliphatic carbocycles. The minimum absolute atomic E-state index is 0.110. The summed E-state index contributed by atoms with van der Waals surface area (Å²) in [6.45, 7) is 8.38. The number of nitrogens with zero attached hydrogens (tertiary/aromatic N) is 2. The highest BCUT2D eigenvalue weighted by atomic mass is 16.6. The van der Waals surface area contributed by atoms with Crippen LogP contribution in [0.1, 0.15) is 16.7 Å². The van der Waals surface area contributed by atoms with E-state index in [0.29, 0.717) is 5.58 Å². The fourth-order valence-corrected chi connectivity index (χ4v) is 3.98. The number of hydrogen-bond donors (Lipinski definition) is 1. The fourth-order valence-electron chi connectivity index (χ4n) is 3.98. The number of anilines is 1. The Morgan fingerprint density at radius 3 is 2.45 bits per heavy atom. The van der Waals surface area contributed by atoms with Crippen LogP contribution in [0.5, 0.6) is 0 Å². The zero-order valence-corrected chi connectivity index (χ0v) is 16.6. The molecule has 0 amide bonds. The molecule has 0 spiro atoms. The molecule has 150 valence electrons. The van der Waals surface area contributed by atoms with Gasteiger partial charge in [0.05, 0.1) is 31.1 Å². The molecule has 1 N–H and O–H groups in total. The van der Waals surface area contributed by atoms with Crippen LogP contribution in [-0.4, -0.2) is 31.1 Å². The van der Waals surface area contributed by atoms with Crippen LogP contribution in [0, 0.1) is 24.0 Å². The van der Waals surface area contributed by atoms with Gasteiger partial charge in [0.15, 0.2) is 0 Å². The smallest absolute Gasteiger partial charge is 0.336 e. The van der Waals surface area contributed by atoms with E-state index in [2.05, 4.69) is 11.0 Å². The van der Waals surface area contributed by atoms with Gasteiger partial charge in [0.1, 0.15) is 12.1 Å². The third-order valence-corrected chi connectivity index (χ3v) is 5.85. The topological polar surface area (TPSA) is 81.0 Å². The first-order valence-electron chi connectivity index (χ1n) is 9.78. The third kappa shape index (κ3) is 3.86. The van der Waals surface area contributed by atoms with Gasteiger partial charge in [0, 0.05) is 34.8 Å². The minimum Gasteiger partial charge on any atom is -0.422 e. The number of nitro groups is 1. The Bertz CT molecular complexity index is 1110. The Morgan fingerprint density at radius 2 is 1.79 bits per heavy atom. The lowest BCUT2D eigenvalue weighted by Gasteiger charge is -2.33. The normalized spacial score (nSPS) is 15.0. The predicted octanol–water partition coefficient (Wildman–Crippen LogP) is 2.22. The lowest BCUT2D eigenvalue weighted by atomic mass is 10.0. The zero-order chi connectivity index (χ0) is 20.5. The molecule has 7 nitrogen and oxygen atoms in total. The van der Waals surface area contributed by atoms with Crippen LogP contribution in [0.2, 0.25) is 0 Å². The number of aryl methyl sites for hydroxylation is 2. The van der Waals surface area contributed by atoms with Crippen molar-refractivity contribution in [3.63, 3.8) is 0 Å². The number of quaternary nitrogens is 1. The Balaban J connectivity index is 1.48. The van der Waals surface area contributed by atoms with Crippen LogP contribution >= 0.6 is 0 Å². The number of rotatable bonds is 4. The third-order valence-electron chi connectivity index (χ3n) is 5.85. The average Bonchev–Trinajstić information content (AvgIpc) is 2.72. The summed E-state index contributed by atoms with van der Waals surface area (Å²) in [6.07, 6.45) is 0. The summed E-state index contributed by atoms with van der Waals surface area (Å²) >= 11 is 0. The predicted molar refractivity (Wildman–Crippen MR) is 112 cm³/mol. The molecule has 3 aromatic rings. The van der Waals surface area contributed by atoms with Crippen molar-refractivity contribution >= 4 is 22.3 Å². The SMILES string of the molecule is Cc1ccc2c(C[NH+]3CCN(c4ccc([N+](=O)[O-])cc4)CC3)cc(=O)oc2c1C. The molecule has 0 saturated carbocycles. The largest absolute Gasteiger partial charge is 0.422 e. The van der Waals surface area contributed by atoms with Gasteiger partial charge in [-0.15, -0.1) is 0 Å². The van der Waals surface area contributed by atoms with Crippen LogP contribution in [0.25, 0.3) is 11.0 Å². The lowest BCUT2D eigenvalue weighted by Crippen LogP contribution is -3.13. The van der Waals surface area contributed by atoms with E-state index in [1.807, 2.05) is 32.0 Å². The number of non-ortho nitro benzene ring substituents is 1.